The minimum absolute atomic E-state index is 0.752. The molecule has 0 atom stereocenters. The molecule has 0 amide bonds. The molecule has 0 aliphatic rings. The van der Waals surface area contributed by atoms with E-state index >= 15 is 0 Å². The van der Waals surface area contributed by atoms with E-state index in [1.54, 1.807) is 0 Å². The third-order valence-electron chi connectivity index (χ3n) is 3.37. The monoisotopic (exact) mass is 292 g/mol. The van der Waals surface area contributed by atoms with Gasteiger partial charge in [0.05, 0.1) is 16.4 Å². The molecule has 2 N–H and O–H groups in total. The van der Waals surface area contributed by atoms with E-state index in [0.717, 1.165) is 47.3 Å². The normalized spacial score (nSPS) is 11.2. The average molecular weight is 293 g/mol. The van der Waals surface area contributed by atoms with Gasteiger partial charge in [-0.05, 0) is 32.5 Å². The molecule has 0 fully saturated rings. The van der Waals surface area contributed by atoms with Gasteiger partial charge in [0.1, 0.15) is 0 Å². The molecular formula is C15H21ClN4. The van der Waals surface area contributed by atoms with Gasteiger partial charge in [0, 0.05) is 25.3 Å². The largest absolute Gasteiger partial charge is 0.398 e. The van der Waals surface area contributed by atoms with Crippen LogP contribution in [0.25, 0.3) is 0 Å². The molecule has 2 aromatic rings. The Bertz CT molecular complexity index is 592. The first-order valence-corrected chi connectivity index (χ1v) is 7.14. The maximum atomic E-state index is 6.34. The van der Waals surface area contributed by atoms with E-state index < -0.39 is 0 Å². The molecule has 0 saturated carbocycles. The van der Waals surface area contributed by atoms with Gasteiger partial charge in [-0.1, -0.05) is 29.8 Å². The van der Waals surface area contributed by atoms with Gasteiger partial charge >= 0.3 is 0 Å². The Labute approximate surface area is 125 Å². The smallest absolute Gasteiger partial charge is 0.0860 e. The predicted molar refractivity (Wildman–Crippen MR) is 83.7 cm³/mol. The summed E-state index contributed by atoms with van der Waals surface area (Å²) in [6, 6.07) is 7.94. The van der Waals surface area contributed by atoms with Crippen LogP contribution in [-0.4, -0.2) is 21.7 Å². The molecule has 4 nitrogen and oxygen atoms in total. The van der Waals surface area contributed by atoms with Gasteiger partial charge in [-0.15, -0.1) is 0 Å². The fraction of sp³-hybridized carbons (Fsp3) is 0.400. The standard InChI is InChI=1S/C15H21ClN4/c1-4-20-14(15(16)11(2)18-20)10-19(3)9-12-7-5-6-8-13(12)17/h5-8H,4,9-10,17H2,1-3H3. The quantitative estimate of drug-likeness (QED) is 0.862. The van der Waals surface area contributed by atoms with E-state index in [4.69, 9.17) is 17.3 Å². The topological polar surface area (TPSA) is 47.1 Å². The number of benzene rings is 1. The summed E-state index contributed by atoms with van der Waals surface area (Å²) in [6.07, 6.45) is 0. The number of nitrogens with two attached hydrogens (primary N) is 1. The number of halogens is 1. The predicted octanol–water partition coefficient (Wildman–Crippen LogP) is 3.08. The van der Waals surface area contributed by atoms with E-state index in [0.29, 0.717) is 0 Å². The second kappa shape index (κ2) is 6.29. The molecule has 0 spiro atoms. The van der Waals surface area contributed by atoms with Crippen LogP contribution in [0.2, 0.25) is 5.02 Å². The maximum absolute atomic E-state index is 6.34. The molecular weight excluding hydrogens is 272 g/mol. The molecule has 0 unspecified atom stereocenters. The fourth-order valence-corrected chi connectivity index (χ4v) is 2.50. The summed E-state index contributed by atoms with van der Waals surface area (Å²) in [5.74, 6) is 0. The number of para-hydroxylation sites is 1. The molecule has 2 rings (SSSR count). The minimum Gasteiger partial charge on any atom is -0.398 e. The van der Waals surface area contributed by atoms with Crippen LogP contribution < -0.4 is 5.73 Å². The summed E-state index contributed by atoms with van der Waals surface area (Å²) in [6.45, 7) is 6.37. The second-order valence-corrected chi connectivity index (χ2v) is 5.41. The Morgan fingerprint density at radius 1 is 1.30 bits per heavy atom. The lowest BCUT2D eigenvalue weighted by atomic mass is 10.1. The van der Waals surface area contributed by atoms with Gasteiger partial charge in [-0.3, -0.25) is 9.58 Å². The number of rotatable bonds is 5. The summed E-state index contributed by atoms with van der Waals surface area (Å²) in [7, 11) is 2.06. The van der Waals surface area contributed by atoms with Crippen molar-refractivity contribution in [3.63, 3.8) is 0 Å². The molecule has 0 aliphatic heterocycles. The van der Waals surface area contributed by atoms with Gasteiger partial charge < -0.3 is 5.73 Å². The summed E-state index contributed by atoms with van der Waals surface area (Å²) in [5.41, 5.74) is 9.88. The van der Waals surface area contributed by atoms with E-state index in [1.165, 1.54) is 0 Å². The number of hydrogen-bond acceptors (Lipinski definition) is 3. The Hall–Kier alpha value is -1.52. The van der Waals surface area contributed by atoms with Crippen LogP contribution >= 0.6 is 11.6 Å². The van der Waals surface area contributed by atoms with Crippen molar-refractivity contribution in [3.8, 4) is 0 Å². The first kappa shape index (κ1) is 14.9. The van der Waals surface area contributed by atoms with Crippen molar-refractivity contribution >= 4 is 17.3 Å². The van der Waals surface area contributed by atoms with Gasteiger partial charge in [-0.25, -0.2) is 0 Å². The van der Waals surface area contributed by atoms with Crippen LogP contribution in [0.4, 0.5) is 5.69 Å². The summed E-state index contributed by atoms with van der Waals surface area (Å²) < 4.78 is 1.96. The zero-order valence-corrected chi connectivity index (χ0v) is 13.0. The molecule has 1 heterocycles. The molecule has 20 heavy (non-hydrogen) atoms. The van der Waals surface area contributed by atoms with E-state index in [9.17, 15) is 0 Å². The molecule has 5 heteroatoms. The summed E-state index contributed by atoms with van der Waals surface area (Å²) in [5, 5.41) is 5.20. The van der Waals surface area contributed by atoms with Crippen molar-refractivity contribution in [1.82, 2.24) is 14.7 Å². The third-order valence-corrected chi connectivity index (χ3v) is 3.86. The molecule has 0 radical (unpaired) electrons. The summed E-state index contributed by atoms with van der Waals surface area (Å²) >= 11 is 6.34. The SMILES string of the molecule is CCn1nc(C)c(Cl)c1CN(C)Cc1ccccc1N. The zero-order chi connectivity index (χ0) is 14.7. The van der Waals surface area contributed by atoms with Crippen molar-refractivity contribution in [2.75, 3.05) is 12.8 Å². The molecule has 0 saturated heterocycles. The van der Waals surface area contributed by atoms with Crippen LogP contribution in [0.3, 0.4) is 0 Å². The molecule has 0 bridgehead atoms. The highest BCUT2D eigenvalue weighted by Gasteiger charge is 2.14. The van der Waals surface area contributed by atoms with E-state index in [-0.39, 0.29) is 0 Å². The summed E-state index contributed by atoms with van der Waals surface area (Å²) in [4.78, 5) is 2.19. The van der Waals surface area contributed by atoms with Crippen molar-refractivity contribution in [2.45, 2.75) is 33.5 Å². The fourth-order valence-electron chi connectivity index (χ4n) is 2.30. The Kier molecular flexibility index (Phi) is 4.68. The lowest BCUT2D eigenvalue weighted by molar-refractivity contribution is 0.308. The molecule has 108 valence electrons. The number of aromatic nitrogens is 2. The molecule has 1 aromatic heterocycles. The van der Waals surface area contributed by atoms with E-state index in [1.807, 2.05) is 29.8 Å². The number of nitrogens with zero attached hydrogens (tertiary/aromatic N) is 3. The lowest BCUT2D eigenvalue weighted by Gasteiger charge is -2.18. The minimum atomic E-state index is 0.752. The van der Waals surface area contributed by atoms with Crippen molar-refractivity contribution in [3.05, 3.63) is 46.2 Å². The lowest BCUT2D eigenvalue weighted by Crippen LogP contribution is -2.20. The number of nitrogen functional groups attached to an aromatic ring is 1. The van der Waals surface area contributed by atoms with Crippen LogP contribution in [0.15, 0.2) is 24.3 Å². The van der Waals surface area contributed by atoms with Gasteiger partial charge in [-0.2, -0.15) is 5.10 Å². The van der Waals surface area contributed by atoms with Crippen molar-refractivity contribution in [1.29, 1.82) is 0 Å². The van der Waals surface area contributed by atoms with Gasteiger partial charge in [0.2, 0.25) is 0 Å². The first-order chi connectivity index (χ1) is 9.52. The van der Waals surface area contributed by atoms with Crippen LogP contribution in [-0.2, 0) is 19.6 Å². The Morgan fingerprint density at radius 3 is 2.65 bits per heavy atom. The first-order valence-electron chi connectivity index (χ1n) is 6.76. The van der Waals surface area contributed by atoms with Crippen molar-refractivity contribution in [2.24, 2.45) is 0 Å². The Balaban J connectivity index is 2.12. The Morgan fingerprint density at radius 2 is 2.00 bits per heavy atom. The van der Waals surface area contributed by atoms with Crippen molar-refractivity contribution < 1.29 is 0 Å². The van der Waals surface area contributed by atoms with E-state index in [2.05, 4.69) is 30.0 Å². The number of anilines is 1. The van der Waals surface area contributed by atoms with Crippen LogP contribution in [0.1, 0.15) is 23.9 Å². The highest BCUT2D eigenvalue weighted by molar-refractivity contribution is 6.31. The zero-order valence-electron chi connectivity index (χ0n) is 12.2. The number of hydrogen-bond donors (Lipinski definition) is 1. The van der Waals surface area contributed by atoms with Gasteiger partial charge in [0.15, 0.2) is 0 Å². The highest BCUT2D eigenvalue weighted by atomic mass is 35.5. The van der Waals surface area contributed by atoms with Gasteiger partial charge in [0.25, 0.3) is 0 Å². The molecule has 1 aromatic carbocycles. The number of aryl methyl sites for hydroxylation is 2. The van der Waals surface area contributed by atoms with Crippen LogP contribution in [0, 0.1) is 6.92 Å². The highest BCUT2D eigenvalue weighted by Crippen LogP contribution is 2.22. The van der Waals surface area contributed by atoms with Crippen LogP contribution in [0.5, 0.6) is 0 Å². The third kappa shape index (κ3) is 3.14. The molecule has 0 aliphatic carbocycles. The second-order valence-electron chi connectivity index (χ2n) is 5.03. The average Bonchev–Trinajstić information content (AvgIpc) is 2.69. The maximum Gasteiger partial charge on any atom is 0.0860 e.